The van der Waals surface area contributed by atoms with E-state index in [0.29, 0.717) is 19.0 Å². The summed E-state index contributed by atoms with van der Waals surface area (Å²) in [5.74, 6) is 3.61. The fourth-order valence-electron chi connectivity index (χ4n) is 6.11. The monoisotopic (exact) mass is 349 g/mol. The molecule has 0 atom stereocenters. The lowest BCUT2D eigenvalue weighted by Gasteiger charge is -2.55. The van der Waals surface area contributed by atoms with Crippen molar-refractivity contribution in [1.29, 1.82) is 0 Å². The molecule has 4 fully saturated rings. The van der Waals surface area contributed by atoms with Gasteiger partial charge in [0.25, 0.3) is 0 Å². The van der Waals surface area contributed by atoms with Gasteiger partial charge in [0.05, 0.1) is 5.52 Å². The highest BCUT2D eigenvalue weighted by atomic mass is 16.2. The number of anilines is 1. The molecule has 4 heteroatoms. The van der Waals surface area contributed by atoms with E-state index < -0.39 is 0 Å². The van der Waals surface area contributed by atoms with Gasteiger partial charge in [0.15, 0.2) is 0 Å². The van der Waals surface area contributed by atoms with E-state index in [2.05, 4.69) is 27.8 Å². The maximum Gasteiger partial charge on any atom is 0.226 e. The first-order valence-corrected chi connectivity index (χ1v) is 10.1. The Labute approximate surface area is 154 Å². The van der Waals surface area contributed by atoms with E-state index in [1.54, 1.807) is 0 Å². The molecular formula is C22H27N3O. The summed E-state index contributed by atoms with van der Waals surface area (Å²) in [4.78, 5) is 17.6. The molecule has 0 unspecified atom stereocenters. The summed E-state index contributed by atoms with van der Waals surface area (Å²) in [6.45, 7) is 1.37. The summed E-state index contributed by atoms with van der Waals surface area (Å²) < 4.78 is 0. The Morgan fingerprint density at radius 1 is 0.962 bits per heavy atom. The minimum atomic E-state index is -0.0457. The average Bonchev–Trinajstić information content (AvgIpc) is 2.64. The number of para-hydroxylation sites is 1. The van der Waals surface area contributed by atoms with Gasteiger partial charge in [-0.25, -0.2) is 4.98 Å². The van der Waals surface area contributed by atoms with Crippen molar-refractivity contribution in [3.8, 4) is 0 Å². The Morgan fingerprint density at radius 2 is 1.65 bits per heavy atom. The Kier molecular flexibility index (Phi) is 3.87. The van der Waals surface area contributed by atoms with Crippen LogP contribution in [0.1, 0.15) is 38.5 Å². The minimum absolute atomic E-state index is 0.0457. The van der Waals surface area contributed by atoms with Crippen molar-refractivity contribution in [2.75, 3.05) is 18.4 Å². The molecule has 1 aromatic carbocycles. The molecule has 4 nitrogen and oxygen atoms in total. The quantitative estimate of drug-likeness (QED) is 0.803. The summed E-state index contributed by atoms with van der Waals surface area (Å²) >= 11 is 0. The summed E-state index contributed by atoms with van der Waals surface area (Å²) in [5, 5.41) is 7.70. The molecule has 2 aromatic rings. The zero-order valence-electron chi connectivity index (χ0n) is 15.2. The molecule has 2 N–H and O–H groups in total. The molecular weight excluding hydrogens is 322 g/mol. The van der Waals surface area contributed by atoms with Crippen molar-refractivity contribution in [2.24, 2.45) is 23.2 Å². The topological polar surface area (TPSA) is 54.0 Å². The molecule has 0 saturated heterocycles. The molecule has 136 valence electrons. The van der Waals surface area contributed by atoms with Crippen LogP contribution in [0.2, 0.25) is 0 Å². The van der Waals surface area contributed by atoms with E-state index in [9.17, 15) is 4.79 Å². The molecule has 6 rings (SSSR count). The van der Waals surface area contributed by atoms with Crippen LogP contribution in [-0.2, 0) is 4.79 Å². The van der Waals surface area contributed by atoms with Gasteiger partial charge in [-0.05, 0) is 74.5 Å². The number of carbonyl (C=O) groups is 1. The second-order valence-electron chi connectivity index (χ2n) is 8.77. The van der Waals surface area contributed by atoms with Gasteiger partial charge in [0, 0.05) is 23.9 Å². The van der Waals surface area contributed by atoms with Gasteiger partial charge in [-0.1, -0.05) is 18.2 Å². The van der Waals surface area contributed by atoms with Gasteiger partial charge in [0.1, 0.15) is 5.82 Å². The molecule has 4 aliphatic carbocycles. The third-order valence-corrected chi connectivity index (χ3v) is 6.84. The molecule has 0 spiro atoms. The lowest BCUT2D eigenvalue weighted by atomic mass is 9.49. The summed E-state index contributed by atoms with van der Waals surface area (Å²) in [6.07, 6.45) is 7.52. The number of amides is 1. The van der Waals surface area contributed by atoms with Crippen molar-refractivity contribution in [2.45, 2.75) is 38.5 Å². The number of pyridine rings is 1. The Balaban J connectivity index is 1.16. The van der Waals surface area contributed by atoms with Crippen LogP contribution in [0, 0.1) is 23.2 Å². The number of nitrogens with zero attached hydrogens (tertiary/aromatic N) is 1. The molecule has 1 amide bonds. The highest BCUT2D eigenvalue weighted by Gasteiger charge is 2.54. The Bertz CT molecular complexity index is 796. The molecule has 1 aromatic heterocycles. The highest BCUT2D eigenvalue weighted by Crippen LogP contribution is 2.60. The van der Waals surface area contributed by atoms with Crippen molar-refractivity contribution >= 4 is 22.6 Å². The van der Waals surface area contributed by atoms with Crippen LogP contribution in [0.5, 0.6) is 0 Å². The number of nitrogens with one attached hydrogen (secondary N) is 2. The van der Waals surface area contributed by atoms with Crippen LogP contribution in [0.15, 0.2) is 36.4 Å². The Hall–Kier alpha value is -2.10. The zero-order valence-corrected chi connectivity index (χ0v) is 15.2. The Morgan fingerprint density at radius 3 is 2.38 bits per heavy atom. The molecule has 0 aliphatic heterocycles. The average molecular weight is 349 g/mol. The van der Waals surface area contributed by atoms with E-state index in [0.717, 1.165) is 53.7 Å². The van der Waals surface area contributed by atoms with Gasteiger partial charge < -0.3 is 10.6 Å². The number of hydrogen-bond donors (Lipinski definition) is 2. The third-order valence-electron chi connectivity index (χ3n) is 6.84. The van der Waals surface area contributed by atoms with Crippen LogP contribution in [0.4, 0.5) is 5.82 Å². The number of benzene rings is 1. The number of fused-ring (bicyclic) bond motifs is 1. The van der Waals surface area contributed by atoms with Crippen LogP contribution in [0.25, 0.3) is 10.9 Å². The summed E-state index contributed by atoms with van der Waals surface area (Å²) in [7, 11) is 0. The lowest BCUT2D eigenvalue weighted by molar-refractivity contribution is -0.146. The molecule has 0 radical (unpaired) electrons. The first-order chi connectivity index (χ1) is 12.7. The lowest BCUT2D eigenvalue weighted by Crippen LogP contribution is -2.54. The molecule has 4 bridgehead atoms. The maximum absolute atomic E-state index is 12.9. The van der Waals surface area contributed by atoms with E-state index in [1.807, 2.05) is 24.3 Å². The smallest absolute Gasteiger partial charge is 0.226 e. The second kappa shape index (κ2) is 6.26. The largest absolute Gasteiger partial charge is 0.368 e. The number of aromatic nitrogens is 1. The van der Waals surface area contributed by atoms with Crippen molar-refractivity contribution in [3.05, 3.63) is 36.4 Å². The highest BCUT2D eigenvalue weighted by molar-refractivity contribution is 5.83. The van der Waals surface area contributed by atoms with Gasteiger partial charge in [-0.3, -0.25) is 4.79 Å². The molecule has 4 saturated carbocycles. The standard InChI is InChI=1S/C22H27N3O/c26-21(22-12-15-9-16(13-22)11-17(10-15)14-22)24-8-7-23-20-6-5-18-3-1-2-4-19(18)25-20/h1-6,15-17H,7-14H2,(H,23,25)(H,24,26). The summed E-state index contributed by atoms with van der Waals surface area (Å²) in [5.41, 5.74) is 0.950. The molecule has 1 heterocycles. The fraction of sp³-hybridized carbons (Fsp3) is 0.545. The van der Waals surface area contributed by atoms with Gasteiger partial charge in [-0.15, -0.1) is 0 Å². The van der Waals surface area contributed by atoms with Gasteiger partial charge in [-0.2, -0.15) is 0 Å². The predicted octanol–water partition coefficient (Wildman–Crippen LogP) is 3.98. The third kappa shape index (κ3) is 2.85. The normalized spacial score (nSPS) is 31.9. The summed E-state index contributed by atoms with van der Waals surface area (Å²) in [6, 6.07) is 12.2. The number of hydrogen-bond acceptors (Lipinski definition) is 3. The first kappa shape index (κ1) is 16.1. The molecule has 4 aliphatic rings. The van der Waals surface area contributed by atoms with Crippen LogP contribution < -0.4 is 10.6 Å². The fourth-order valence-corrected chi connectivity index (χ4v) is 6.11. The minimum Gasteiger partial charge on any atom is -0.368 e. The van der Waals surface area contributed by atoms with Gasteiger partial charge >= 0.3 is 0 Å². The van der Waals surface area contributed by atoms with Crippen molar-refractivity contribution < 1.29 is 4.79 Å². The van der Waals surface area contributed by atoms with E-state index in [-0.39, 0.29) is 5.41 Å². The van der Waals surface area contributed by atoms with Crippen molar-refractivity contribution in [1.82, 2.24) is 10.3 Å². The van der Waals surface area contributed by atoms with Crippen molar-refractivity contribution in [3.63, 3.8) is 0 Å². The maximum atomic E-state index is 12.9. The molecule has 26 heavy (non-hydrogen) atoms. The number of rotatable bonds is 5. The van der Waals surface area contributed by atoms with E-state index in [1.165, 1.54) is 19.3 Å². The van der Waals surface area contributed by atoms with E-state index >= 15 is 0 Å². The van der Waals surface area contributed by atoms with Crippen LogP contribution in [-0.4, -0.2) is 24.0 Å². The van der Waals surface area contributed by atoms with Crippen LogP contribution >= 0.6 is 0 Å². The van der Waals surface area contributed by atoms with Crippen LogP contribution in [0.3, 0.4) is 0 Å². The first-order valence-electron chi connectivity index (χ1n) is 10.1. The number of carbonyl (C=O) groups excluding carboxylic acids is 1. The zero-order chi connectivity index (χ0) is 17.6. The van der Waals surface area contributed by atoms with Gasteiger partial charge in [0.2, 0.25) is 5.91 Å². The second-order valence-corrected chi connectivity index (χ2v) is 8.77. The SMILES string of the molecule is O=C(NCCNc1ccc2ccccc2n1)C12CC3CC(CC(C3)C1)C2. The predicted molar refractivity (Wildman–Crippen MR) is 104 cm³/mol. The van der Waals surface area contributed by atoms with E-state index in [4.69, 9.17) is 0 Å².